The third kappa shape index (κ3) is 6.24. The van der Waals surface area contributed by atoms with Crippen molar-refractivity contribution in [3.8, 4) is 0 Å². The topological polar surface area (TPSA) is 68.8 Å². The van der Waals surface area contributed by atoms with E-state index in [0.29, 0.717) is 25.6 Å². The quantitative estimate of drug-likeness (QED) is 0.488. The Bertz CT molecular complexity index is 845. The Hall–Kier alpha value is -3.02. The number of carbonyl (C=O) groups is 1. The molecule has 6 nitrogen and oxygen atoms in total. The molecule has 30 heavy (non-hydrogen) atoms. The van der Waals surface area contributed by atoms with Crippen LogP contribution in [-0.2, 0) is 11.3 Å². The molecule has 1 aliphatic heterocycles. The van der Waals surface area contributed by atoms with Gasteiger partial charge in [-0.25, -0.2) is 4.99 Å². The van der Waals surface area contributed by atoms with E-state index in [-0.39, 0.29) is 5.91 Å². The Morgan fingerprint density at radius 3 is 2.53 bits per heavy atom. The van der Waals surface area contributed by atoms with Crippen LogP contribution in [0.25, 0.3) is 0 Å². The lowest BCUT2D eigenvalue weighted by Gasteiger charge is -2.28. The smallest absolute Gasteiger partial charge is 0.239 e. The lowest BCUT2D eigenvalue weighted by Crippen LogP contribution is -2.47. The number of carbonyl (C=O) groups excluding carboxylic acids is 1. The van der Waals surface area contributed by atoms with Crippen molar-refractivity contribution < 1.29 is 4.79 Å². The standard InChI is InChI=1S/C24H33N5O/c1-4-25-24(27-15-19(3)21-9-5-18(2)6-10-21)28-16-20-7-11-22(12-8-20)29-14-13-26-23(30)17-29/h5-12,19H,4,13-17H2,1-3H3,(H,26,30)(H2,25,27,28). The fourth-order valence-electron chi connectivity index (χ4n) is 3.45. The molecule has 0 aliphatic carbocycles. The molecule has 1 fully saturated rings. The van der Waals surface area contributed by atoms with E-state index in [2.05, 4.69) is 90.2 Å². The average molecular weight is 408 g/mol. The predicted molar refractivity (Wildman–Crippen MR) is 124 cm³/mol. The van der Waals surface area contributed by atoms with Gasteiger partial charge in [-0.2, -0.15) is 0 Å². The number of nitrogens with one attached hydrogen (secondary N) is 3. The summed E-state index contributed by atoms with van der Waals surface area (Å²) in [4.78, 5) is 18.4. The summed E-state index contributed by atoms with van der Waals surface area (Å²) in [7, 11) is 0. The van der Waals surface area contributed by atoms with Gasteiger partial charge in [0.15, 0.2) is 5.96 Å². The van der Waals surface area contributed by atoms with Crippen LogP contribution in [0.2, 0.25) is 0 Å². The molecule has 0 aromatic heterocycles. The van der Waals surface area contributed by atoms with Crippen molar-refractivity contribution >= 4 is 17.6 Å². The van der Waals surface area contributed by atoms with Crippen LogP contribution in [0.3, 0.4) is 0 Å². The summed E-state index contributed by atoms with van der Waals surface area (Å²) in [6.07, 6.45) is 0. The molecule has 1 heterocycles. The molecule has 1 saturated heterocycles. The second kappa shape index (κ2) is 10.7. The highest BCUT2D eigenvalue weighted by atomic mass is 16.2. The summed E-state index contributed by atoms with van der Waals surface area (Å²) in [6.45, 7) is 10.6. The van der Waals surface area contributed by atoms with Crippen molar-refractivity contribution in [1.82, 2.24) is 16.0 Å². The summed E-state index contributed by atoms with van der Waals surface area (Å²) in [5.41, 5.74) is 4.83. The molecular formula is C24H33N5O. The van der Waals surface area contributed by atoms with Gasteiger partial charge in [0.05, 0.1) is 13.1 Å². The highest BCUT2D eigenvalue weighted by molar-refractivity contribution is 5.82. The van der Waals surface area contributed by atoms with Crippen LogP contribution < -0.4 is 20.9 Å². The molecule has 6 heteroatoms. The minimum absolute atomic E-state index is 0.0798. The summed E-state index contributed by atoms with van der Waals surface area (Å²) in [5, 5.41) is 9.64. The third-order valence-electron chi connectivity index (χ3n) is 5.33. The van der Waals surface area contributed by atoms with E-state index in [1.807, 2.05) is 0 Å². The van der Waals surface area contributed by atoms with Crippen molar-refractivity contribution in [2.45, 2.75) is 33.2 Å². The minimum atomic E-state index is 0.0798. The second-order valence-electron chi connectivity index (χ2n) is 7.83. The van der Waals surface area contributed by atoms with E-state index in [1.54, 1.807) is 0 Å². The van der Waals surface area contributed by atoms with Crippen LogP contribution in [-0.4, -0.2) is 44.6 Å². The average Bonchev–Trinajstić information content (AvgIpc) is 2.76. The van der Waals surface area contributed by atoms with Crippen molar-refractivity contribution in [3.05, 3.63) is 65.2 Å². The maximum absolute atomic E-state index is 11.6. The number of nitrogens with zero attached hydrogens (tertiary/aromatic N) is 2. The van der Waals surface area contributed by atoms with Gasteiger partial charge in [0.2, 0.25) is 5.91 Å². The maximum Gasteiger partial charge on any atom is 0.239 e. The van der Waals surface area contributed by atoms with Crippen LogP contribution in [0.15, 0.2) is 53.5 Å². The number of aliphatic imine (C=N–C) groups is 1. The summed E-state index contributed by atoms with van der Waals surface area (Å²) in [6, 6.07) is 17.0. The number of guanidine groups is 1. The van der Waals surface area contributed by atoms with Crippen LogP contribution >= 0.6 is 0 Å². The first-order chi connectivity index (χ1) is 14.5. The Morgan fingerprint density at radius 2 is 1.87 bits per heavy atom. The molecule has 0 radical (unpaired) electrons. The molecule has 0 spiro atoms. The van der Waals surface area contributed by atoms with Gasteiger partial charge in [-0.05, 0) is 43.0 Å². The lowest BCUT2D eigenvalue weighted by atomic mass is 10.0. The van der Waals surface area contributed by atoms with Gasteiger partial charge in [0, 0.05) is 31.9 Å². The molecule has 2 aromatic rings. The zero-order chi connectivity index (χ0) is 21.3. The van der Waals surface area contributed by atoms with Gasteiger partial charge in [0.25, 0.3) is 0 Å². The van der Waals surface area contributed by atoms with Crippen molar-refractivity contribution in [2.75, 3.05) is 37.6 Å². The zero-order valence-corrected chi connectivity index (χ0v) is 18.2. The molecule has 3 N–H and O–H groups in total. The van der Waals surface area contributed by atoms with Crippen LogP contribution in [0.1, 0.15) is 36.5 Å². The molecule has 0 bridgehead atoms. The SMILES string of the molecule is CCNC(=NCc1ccc(N2CCNC(=O)C2)cc1)NCC(C)c1ccc(C)cc1. The van der Waals surface area contributed by atoms with Gasteiger partial charge >= 0.3 is 0 Å². The molecule has 0 saturated carbocycles. The first-order valence-electron chi connectivity index (χ1n) is 10.7. The van der Waals surface area contributed by atoms with Gasteiger partial charge in [0.1, 0.15) is 0 Å². The lowest BCUT2D eigenvalue weighted by molar-refractivity contribution is -0.120. The van der Waals surface area contributed by atoms with E-state index >= 15 is 0 Å². The van der Waals surface area contributed by atoms with Crippen molar-refractivity contribution in [1.29, 1.82) is 0 Å². The Morgan fingerprint density at radius 1 is 1.13 bits per heavy atom. The van der Waals surface area contributed by atoms with E-state index in [1.165, 1.54) is 11.1 Å². The number of benzene rings is 2. The minimum Gasteiger partial charge on any atom is -0.360 e. The van der Waals surface area contributed by atoms with Gasteiger partial charge in [-0.15, -0.1) is 0 Å². The summed E-state index contributed by atoms with van der Waals surface area (Å²) < 4.78 is 0. The fourth-order valence-corrected chi connectivity index (χ4v) is 3.45. The number of amides is 1. The zero-order valence-electron chi connectivity index (χ0n) is 18.2. The molecule has 1 atom stereocenters. The monoisotopic (exact) mass is 407 g/mol. The number of piperazine rings is 1. The van der Waals surface area contributed by atoms with Crippen LogP contribution in [0.5, 0.6) is 0 Å². The van der Waals surface area contributed by atoms with Crippen molar-refractivity contribution in [2.24, 2.45) is 4.99 Å². The molecule has 1 amide bonds. The number of anilines is 1. The van der Waals surface area contributed by atoms with Gasteiger partial charge in [-0.1, -0.05) is 48.9 Å². The highest BCUT2D eigenvalue weighted by Gasteiger charge is 2.16. The number of hydrogen-bond donors (Lipinski definition) is 3. The van der Waals surface area contributed by atoms with E-state index < -0.39 is 0 Å². The normalized spacial score (nSPS) is 15.5. The number of rotatable bonds is 7. The van der Waals surface area contributed by atoms with Crippen molar-refractivity contribution in [3.63, 3.8) is 0 Å². The highest BCUT2D eigenvalue weighted by Crippen LogP contribution is 2.17. The van der Waals surface area contributed by atoms with E-state index in [0.717, 1.165) is 36.8 Å². The molecular weight excluding hydrogens is 374 g/mol. The number of aryl methyl sites for hydroxylation is 1. The molecule has 1 unspecified atom stereocenters. The number of hydrogen-bond acceptors (Lipinski definition) is 3. The summed E-state index contributed by atoms with van der Waals surface area (Å²) in [5.74, 6) is 1.31. The largest absolute Gasteiger partial charge is 0.360 e. The van der Waals surface area contributed by atoms with Crippen LogP contribution in [0.4, 0.5) is 5.69 Å². The second-order valence-corrected chi connectivity index (χ2v) is 7.83. The third-order valence-corrected chi connectivity index (χ3v) is 5.33. The molecule has 160 valence electrons. The first-order valence-corrected chi connectivity index (χ1v) is 10.7. The van der Waals surface area contributed by atoms with Crippen LogP contribution in [0, 0.1) is 6.92 Å². The Kier molecular flexibility index (Phi) is 7.71. The van der Waals surface area contributed by atoms with Gasteiger partial charge < -0.3 is 20.9 Å². The fraction of sp³-hybridized carbons (Fsp3) is 0.417. The first kappa shape index (κ1) is 21.7. The maximum atomic E-state index is 11.6. The Labute approximate surface area is 179 Å². The molecule has 2 aromatic carbocycles. The van der Waals surface area contributed by atoms with E-state index in [4.69, 9.17) is 4.99 Å². The molecule has 1 aliphatic rings. The van der Waals surface area contributed by atoms with E-state index in [9.17, 15) is 4.79 Å². The van der Waals surface area contributed by atoms with Gasteiger partial charge in [-0.3, -0.25) is 4.79 Å². The summed E-state index contributed by atoms with van der Waals surface area (Å²) >= 11 is 0. The Balaban J connectivity index is 1.55. The molecule has 3 rings (SSSR count). The predicted octanol–water partition coefficient (Wildman–Crippen LogP) is 2.79.